The third kappa shape index (κ3) is 3.68. The zero-order valence-corrected chi connectivity index (χ0v) is 17.7. The second kappa shape index (κ2) is 7.63. The number of benzene rings is 1. The lowest BCUT2D eigenvalue weighted by Crippen LogP contribution is -2.39. The van der Waals surface area contributed by atoms with Crippen molar-refractivity contribution in [1.82, 2.24) is 15.0 Å². The molecule has 2 fully saturated rings. The molecule has 0 unspecified atom stereocenters. The molecule has 3 heterocycles. The average Bonchev–Trinajstić information content (AvgIpc) is 3.29. The summed E-state index contributed by atoms with van der Waals surface area (Å²) in [7, 11) is 0. The average molecular weight is 446 g/mol. The Kier molecular flexibility index (Phi) is 4.95. The van der Waals surface area contributed by atoms with E-state index in [1.807, 2.05) is 18.2 Å². The van der Waals surface area contributed by atoms with Crippen molar-refractivity contribution in [2.75, 3.05) is 23.3 Å². The molecule has 1 aliphatic heterocycles. The van der Waals surface area contributed by atoms with Crippen LogP contribution in [0.1, 0.15) is 25.7 Å². The third-order valence-corrected chi connectivity index (χ3v) is 6.72. The van der Waals surface area contributed by atoms with Crippen molar-refractivity contribution in [3.05, 3.63) is 46.6 Å². The molecule has 1 saturated heterocycles. The molecule has 1 aromatic carbocycles. The topological polar surface area (TPSA) is 83.1 Å². The highest BCUT2D eigenvalue weighted by Gasteiger charge is 2.47. The summed E-state index contributed by atoms with van der Waals surface area (Å²) in [4.78, 5) is 26.1. The molecule has 3 aromatic rings. The van der Waals surface area contributed by atoms with Gasteiger partial charge in [0, 0.05) is 12.7 Å². The van der Waals surface area contributed by atoms with E-state index in [-0.39, 0.29) is 6.09 Å². The van der Waals surface area contributed by atoms with Crippen LogP contribution in [-0.4, -0.2) is 39.7 Å². The molecular formula is C21H21Cl2N5O2. The number of ether oxygens (including phenoxy) is 1. The van der Waals surface area contributed by atoms with Gasteiger partial charge in [0.2, 0.25) is 5.95 Å². The number of carbonyl (C=O) groups is 1. The van der Waals surface area contributed by atoms with E-state index >= 15 is 0 Å². The van der Waals surface area contributed by atoms with Crippen LogP contribution in [0.3, 0.4) is 0 Å². The third-order valence-electron chi connectivity index (χ3n) is 5.99. The molecule has 0 bridgehead atoms. The maximum absolute atomic E-state index is 12.4. The van der Waals surface area contributed by atoms with E-state index in [1.165, 1.54) is 0 Å². The number of carbonyl (C=O) groups excluding carboxylic acids is 1. The number of halogens is 2. The van der Waals surface area contributed by atoms with Crippen LogP contribution in [-0.2, 0) is 4.74 Å². The first-order valence-corrected chi connectivity index (χ1v) is 10.8. The van der Waals surface area contributed by atoms with E-state index in [0.29, 0.717) is 34.3 Å². The highest BCUT2D eigenvalue weighted by molar-refractivity contribution is 6.42. The molecule has 0 atom stereocenters. The van der Waals surface area contributed by atoms with Gasteiger partial charge in [0.1, 0.15) is 11.4 Å². The molecule has 1 saturated carbocycles. The molecule has 30 heavy (non-hydrogen) atoms. The molecule has 1 spiro atoms. The number of rotatable bonds is 4. The highest BCUT2D eigenvalue weighted by Crippen LogP contribution is 2.40. The van der Waals surface area contributed by atoms with Gasteiger partial charge in [-0.2, -0.15) is 0 Å². The van der Waals surface area contributed by atoms with Crippen LogP contribution in [0.25, 0.3) is 11.0 Å². The number of imidazole rings is 1. The molecular weight excluding hydrogens is 425 g/mol. The van der Waals surface area contributed by atoms with Crippen molar-refractivity contribution in [2.24, 2.45) is 5.92 Å². The van der Waals surface area contributed by atoms with E-state index in [0.717, 1.165) is 43.3 Å². The molecule has 9 heteroatoms. The molecule has 2 aliphatic rings. The summed E-state index contributed by atoms with van der Waals surface area (Å²) >= 11 is 12.1. The van der Waals surface area contributed by atoms with E-state index in [4.69, 9.17) is 27.9 Å². The Morgan fingerprint density at radius 1 is 1.23 bits per heavy atom. The molecule has 2 aromatic heterocycles. The van der Waals surface area contributed by atoms with E-state index in [2.05, 4.69) is 20.3 Å². The maximum Gasteiger partial charge on any atom is 0.416 e. The van der Waals surface area contributed by atoms with Gasteiger partial charge >= 0.3 is 6.09 Å². The molecule has 7 nitrogen and oxygen atoms in total. The van der Waals surface area contributed by atoms with Gasteiger partial charge in [-0.1, -0.05) is 29.3 Å². The largest absolute Gasteiger partial charge is 0.441 e. The van der Waals surface area contributed by atoms with Gasteiger partial charge in [-0.3, -0.25) is 4.90 Å². The Bertz CT molecular complexity index is 1040. The van der Waals surface area contributed by atoms with Crippen LogP contribution in [0.2, 0.25) is 10.0 Å². The number of anilines is 2. The fourth-order valence-electron chi connectivity index (χ4n) is 4.31. The number of fused-ring (bicyclic) bond motifs is 1. The Balaban J connectivity index is 1.18. The molecule has 2 N–H and O–H groups in total. The minimum Gasteiger partial charge on any atom is -0.441 e. The summed E-state index contributed by atoms with van der Waals surface area (Å²) in [6.07, 6.45) is 5.04. The highest BCUT2D eigenvalue weighted by atomic mass is 35.5. The van der Waals surface area contributed by atoms with Gasteiger partial charge in [0.15, 0.2) is 0 Å². The minimum atomic E-state index is -0.405. The van der Waals surface area contributed by atoms with Crippen molar-refractivity contribution >= 4 is 52.1 Å². The number of amides is 1. The van der Waals surface area contributed by atoms with Crippen molar-refractivity contribution in [1.29, 1.82) is 0 Å². The number of hydrogen-bond donors (Lipinski definition) is 2. The van der Waals surface area contributed by atoms with Crippen LogP contribution < -0.4 is 10.2 Å². The van der Waals surface area contributed by atoms with Crippen LogP contribution in [0.5, 0.6) is 0 Å². The fourth-order valence-corrected chi connectivity index (χ4v) is 4.63. The number of H-pyrrole nitrogens is 1. The summed E-state index contributed by atoms with van der Waals surface area (Å²) in [5.41, 5.74) is 1.22. The quantitative estimate of drug-likeness (QED) is 0.571. The van der Waals surface area contributed by atoms with E-state index in [9.17, 15) is 4.79 Å². The number of aromatic nitrogens is 3. The lowest BCUT2D eigenvalue weighted by atomic mass is 9.78. The zero-order chi connectivity index (χ0) is 20.7. The molecule has 1 aliphatic carbocycles. The Labute approximate surface area is 183 Å². The SMILES string of the molecule is O=C1OC2(CCC(CNc3nc4cc(Cl)c(Cl)cc4[nH]3)CC2)CN1c1ccccn1. The Hall–Kier alpha value is -2.51. The predicted molar refractivity (Wildman–Crippen MR) is 117 cm³/mol. The van der Waals surface area contributed by atoms with Gasteiger partial charge in [-0.25, -0.2) is 14.8 Å². The van der Waals surface area contributed by atoms with Crippen LogP contribution in [0, 0.1) is 5.92 Å². The van der Waals surface area contributed by atoms with Gasteiger partial charge in [0.05, 0.1) is 27.6 Å². The van der Waals surface area contributed by atoms with Gasteiger partial charge in [0.25, 0.3) is 0 Å². The van der Waals surface area contributed by atoms with E-state index in [1.54, 1.807) is 23.2 Å². The normalized spacial score (nSPS) is 23.9. The Morgan fingerprint density at radius 3 is 2.80 bits per heavy atom. The molecule has 0 radical (unpaired) electrons. The van der Waals surface area contributed by atoms with E-state index < -0.39 is 5.60 Å². The summed E-state index contributed by atoms with van der Waals surface area (Å²) in [6, 6.07) is 9.09. The smallest absolute Gasteiger partial charge is 0.416 e. The second-order valence-electron chi connectivity index (χ2n) is 8.02. The summed E-state index contributed by atoms with van der Waals surface area (Å²) in [6.45, 7) is 1.36. The maximum atomic E-state index is 12.4. The number of nitrogens with one attached hydrogen (secondary N) is 2. The number of aromatic amines is 1. The van der Waals surface area contributed by atoms with Gasteiger partial charge in [-0.05, 0) is 55.9 Å². The zero-order valence-electron chi connectivity index (χ0n) is 16.2. The predicted octanol–water partition coefficient (Wildman–Crippen LogP) is 5.26. The number of pyridine rings is 1. The van der Waals surface area contributed by atoms with Crippen molar-refractivity contribution in [3.63, 3.8) is 0 Å². The second-order valence-corrected chi connectivity index (χ2v) is 8.83. The monoisotopic (exact) mass is 445 g/mol. The first kappa shape index (κ1) is 19.5. The molecule has 1 amide bonds. The first-order chi connectivity index (χ1) is 14.5. The van der Waals surface area contributed by atoms with Crippen LogP contribution in [0.15, 0.2) is 36.5 Å². The molecule has 5 rings (SSSR count). The Morgan fingerprint density at radius 2 is 2.03 bits per heavy atom. The lowest BCUT2D eigenvalue weighted by Gasteiger charge is -2.35. The van der Waals surface area contributed by atoms with Crippen LogP contribution in [0.4, 0.5) is 16.6 Å². The van der Waals surface area contributed by atoms with Gasteiger partial charge in [-0.15, -0.1) is 0 Å². The van der Waals surface area contributed by atoms with Crippen molar-refractivity contribution in [2.45, 2.75) is 31.3 Å². The number of nitrogens with zero attached hydrogens (tertiary/aromatic N) is 3. The lowest BCUT2D eigenvalue weighted by molar-refractivity contribution is 0.0148. The van der Waals surface area contributed by atoms with Crippen molar-refractivity contribution < 1.29 is 9.53 Å². The minimum absolute atomic E-state index is 0.301. The van der Waals surface area contributed by atoms with Crippen LogP contribution >= 0.6 is 23.2 Å². The number of hydrogen-bond acceptors (Lipinski definition) is 5. The molecule has 156 valence electrons. The summed E-state index contributed by atoms with van der Waals surface area (Å²) < 4.78 is 5.81. The van der Waals surface area contributed by atoms with Crippen molar-refractivity contribution in [3.8, 4) is 0 Å². The summed E-state index contributed by atoms with van der Waals surface area (Å²) in [5.74, 6) is 1.84. The standard InChI is InChI=1S/C21H21Cl2N5O2/c22-14-9-16-17(10-15(14)23)27-19(26-16)25-11-13-4-6-21(7-5-13)12-28(20(29)30-21)18-3-1-2-8-24-18/h1-3,8-10,13H,4-7,11-12H2,(H2,25,26,27). The summed E-state index contributed by atoms with van der Waals surface area (Å²) in [5, 5.41) is 4.38. The fraction of sp³-hybridized carbons (Fsp3) is 0.381. The first-order valence-electron chi connectivity index (χ1n) is 10.0. The van der Waals surface area contributed by atoms with Gasteiger partial charge < -0.3 is 15.0 Å².